The zero-order valence-corrected chi connectivity index (χ0v) is 18.7. The SMILES string of the molecule is O=C(c1cccs1)N(c1ccn(C2=CC=CNC2)n1)C1CCN(Cc2ccccc2)CC1. The smallest absolute Gasteiger partial charge is 0.269 e. The molecule has 4 heterocycles. The van der Waals surface area contributed by atoms with Gasteiger partial charge in [-0.15, -0.1) is 11.3 Å². The molecule has 1 saturated heterocycles. The van der Waals surface area contributed by atoms with Gasteiger partial charge in [-0.1, -0.05) is 36.4 Å². The molecule has 3 aromatic rings. The number of thiophene rings is 1. The molecule has 0 atom stereocenters. The Morgan fingerprint density at radius 2 is 1.97 bits per heavy atom. The number of allylic oxidation sites excluding steroid dienone is 2. The lowest BCUT2D eigenvalue weighted by Gasteiger charge is -2.37. The van der Waals surface area contributed by atoms with Crippen molar-refractivity contribution in [1.82, 2.24) is 20.0 Å². The quantitative estimate of drug-likeness (QED) is 0.618. The lowest BCUT2D eigenvalue weighted by atomic mass is 10.0. The molecule has 0 unspecified atom stereocenters. The van der Waals surface area contributed by atoms with Gasteiger partial charge in [0.25, 0.3) is 5.91 Å². The summed E-state index contributed by atoms with van der Waals surface area (Å²) in [6, 6.07) is 16.5. The fourth-order valence-corrected chi connectivity index (χ4v) is 5.02. The molecule has 164 valence electrons. The largest absolute Gasteiger partial charge is 0.385 e. The Hall–Kier alpha value is -3.16. The predicted octanol–water partition coefficient (Wildman–Crippen LogP) is 4.21. The monoisotopic (exact) mass is 445 g/mol. The van der Waals surface area contributed by atoms with Gasteiger partial charge < -0.3 is 5.32 Å². The Labute approximate surface area is 192 Å². The van der Waals surface area contributed by atoms with Crippen LogP contribution in [0, 0.1) is 0 Å². The highest BCUT2D eigenvalue weighted by Crippen LogP contribution is 2.27. The van der Waals surface area contributed by atoms with Crippen LogP contribution in [-0.2, 0) is 6.54 Å². The number of hydrogen-bond acceptors (Lipinski definition) is 5. The van der Waals surface area contributed by atoms with E-state index in [2.05, 4.69) is 40.5 Å². The Kier molecular flexibility index (Phi) is 6.18. The summed E-state index contributed by atoms with van der Waals surface area (Å²) in [5, 5.41) is 9.96. The molecule has 1 N–H and O–H groups in total. The molecule has 32 heavy (non-hydrogen) atoms. The van der Waals surface area contributed by atoms with E-state index in [-0.39, 0.29) is 11.9 Å². The van der Waals surface area contributed by atoms with E-state index < -0.39 is 0 Å². The molecule has 5 rings (SSSR count). The van der Waals surface area contributed by atoms with Gasteiger partial charge in [0.05, 0.1) is 17.1 Å². The third kappa shape index (κ3) is 4.54. The van der Waals surface area contributed by atoms with E-state index >= 15 is 0 Å². The number of piperidine rings is 1. The summed E-state index contributed by atoms with van der Waals surface area (Å²) in [5.41, 5.74) is 2.39. The maximum atomic E-state index is 13.5. The number of dihydropyridines is 1. The van der Waals surface area contributed by atoms with Crippen molar-refractivity contribution < 1.29 is 4.79 Å². The minimum absolute atomic E-state index is 0.0439. The number of aromatic nitrogens is 2. The van der Waals surface area contributed by atoms with E-state index in [1.165, 1.54) is 16.9 Å². The lowest BCUT2D eigenvalue weighted by molar-refractivity contribution is 0.0961. The van der Waals surface area contributed by atoms with Crippen LogP contribution in [-0.4, -0.2) is 46.3 Å². The summed E-state index contributed by atoms with van der Waals surface area (Å²) in [6.45, 7) is 3.60. The number of benzene rings is 1. The zero-order valence-electron chi connectivity index (χ0n) is 17.9. The summed E-state index contributed by atoms with van der Waals surface area (Å²) in [5.74, 6) is 0.766. The predicted molar refractivity (Wildman–Crippen MR) is 130 cm³/mol. The van der Waals surface area contributed by atoms with Crippen molar-refractivity contribution >= 4 is 28.8 Å². The molecule has 6 nitrogen and oxygen atoms in total. The van der Waals surface area contributed by atoms with Crippen molar-refractivity contribution in [3.63, 3.8) is 0 Å². The number of rotatable bonds is 6. The first-order valence-corrected chi connectivity index (χ1v) is 11.9. The molecule has 0 radical (unpaired) electrons. The Bertz CT molecular complexity index is 1090. The number of carbonyl (C=O) groups is 1. The first-order valence-electron chi connectivity index (χ1n) is 11.1. The highest BCUT2D eigenvalue weighted by Gasteiger charge is 2.31. The van der Waals surface area contributed by atoms with Crippen LogP contribution < -0.4 is 10.2 Å². The maximum absolute atomic E-state index is 13.5. The number of anilines is 1. The molecule has 0 spiro atoms. The molecular weight excluding hydrogens is 418 g/mol. The molecule has 2 aliphatic rings. The Balaban J connectivity index is 1.34. The highest BCUT2D eigenvalue weighted by atomic mass is 32.1. The van der Waals surface area contributed by atoms with E-state index in [9.17, 15) is 4.79 Å². The van der Waals surface area contributed by atoms with E-state index in [1.54, 1.807) is 0 Å². The van der Waals surface area contributed by atoms with E-state index in [4.69, 9.17) is 5.10 Å². The van der Waals surface area contributed by atoms with Gasteiger partial charge in [-0.25, -0.2) is 4.68 Å². The van der Waals surface area contributed by atoms with Crippen LogP contribution >= 0.6 is 11.3 Å². The number of amides is 1. The normalized spacial score (nSPS) is 17.1. The summed E-state index contributed by atoms with van der Waals surface area (Å²) in [7, 11) is 0. The van der Waals surface area contributed by atoms with Crippen LogP contribution in [0.3, 0.4) is 0 Å². The van der Waals surface area contributed by atoms with Crippen molar-refractivity contribution in [2.75, 3.05) is 24.5 Å². The molecule has 0 aliphatic carbocycles. The average molecular weight is 446 g/mol. The van der Waals surface area contributed by atoms with Crippen LogP contribution in [0.25, 0.3) is 5.70 Å². The van der Waals surface area contributed by atoms with Crippen LogP contribution in [0.15, 0.2) is 78.5 Å². The van der Waals surface area contributed by atoms with Crippen LogP contribution in [0.4, 0.5) is 5.82 Å². The average Bonchev–Trinajstić information content (AvgIpc) is 3.55. The van der Waals surface area contributed by atoms with E-state index in [0.29, 0.717) is 6.54 Å². The van der Waals surface area contributed by atoms with Crippen LogP contribution in [0.2, 0.25) is 0 Å². The minimum atomic E-state index is 0.0439. The number of carbonyl (C=O) groups excluding carboxylic acids is 1. The summed E-state index contributed by atoms with van der Waals surface area (Å²) >= 11 is 1.49. The molecule has 1 fully saturated rings. The second-order valence-electron chi connectivity index (χ2n) is 8.16. The summed E-state index contributed by atoms with van der Waals surface area (Å²) < 4.78 is 1.87. The fourth-order valence-electron chi connectivity index (χ4n) is 4.36. The lowest BCUT2D eigenvalue weighted by Crippen LogP contribution is -2.47. The maximum Gasteiger partial charge on any atom is 0.269 e. The molecule has 0 saturated carbocycles. The van der Waals surface area contributed by atoms with Gasteiger partial charge in [0.1, 0.15) is 0 Å². The Morgan fingerprint density at radius 3 is 2.69 bits per heavy atom. The second-order valence-corrected chi connectivity index (χ2v) is 9.11. The van der Waals surface area contributed by atoms with Gasteiger partial charge in [-0.05, 0) is 48.2 Å². The Morgan fingerprint density at radius 1 is 1.12 bits per heavy atom. The van der Waals surface area contributed by atoms with Crippen LogP contribution in [0.1, 0.15) is 28.1 Å². The number of likely N-dealkylation sites (tertiary alicyclic amines) is 1. The van der Waals surface area contributed by atoms with Crippen molar-refractivity contribution in [1.29, 1.82) is 0 Å². The highest BCUT2D eigenvalue weighted by molar-refractivity contribution is 7.12. The summed E-state index contributed by atoms with van der Waals surface area (Å²) in [6.07, 6.45) is 9.75. The third-order valence-corrected chi connectivity index (χ3v) is 6.88. The van der Waals surface area contributed by atoms with Gasteiger partial charge in [0.15, 0.2) is 5.82 Å². The first kappa shape index (κ1) is 20.7. The summed E-state index contributed by atoms with van der Waals surface area (Å²) in [4.78, 5) is 18.7. The van der Waals surface area contributed by atoms with Gasteiger partial charge in [0.2, 0.25) is 0 Å². The molecule has 2 aliphatic heterocycles. The van der Waals surface area contributed by atoms with Crippen molar-refractivity contribution in [3.8, 4) is 0 Å². The van der Waals surface area contributed by atoms with Gasteiger partial charge in [-0.2, -0.15) is 5.10 Å². The van der Waals surface area contributed by atoms with Gasteiger partial charge in [-0.3, -0.25) is 14.6 Å². The molecule has 0 bridgehead atoms. The first-order chi connectivity index (χ1) is 15.8. The second kappa shape index (κ2) is 9.54. The fraction of sp³-hybridized carbons (Fsp3) is 0.280. The van der Waals surface area contributed by atoms with E-state index in [0.717, 1.165) is 48.9 Å². The standard InChI is InChI=1S/C25H27N5OS/c31-25(23-9-5-17-32-23)30(24-12-16-29(27-24)22-8-4-13-26-18-22)21-10-14-28(15-11-21)19-20-6-2-1-3-7-20/h1-9,12-13,16-17,21,26H,10-11,14-15,18-19H2. The molecular formula is C25H27N5OS. The number of nitrogens with zero attached hydrogens (tertiary/aromatic N) is 4. The van der Waals surface area contributed by atoms with Gasteiger partial charge in [0, 0.05) is 37.9 Å². The van der Waals surface area contributed by atoms with Crippen LogP contribution in [0.5, 0.6) is 0 Å². The van der Waals surface area contributed by atoms with E-state index in [1.807, 2.05) is 57.7 Å². The number of nitrogens with one attached hydrogen (secondary N) is 1. The molecule has 1 aromatic carbocycles. The topological polar surface area (TPSA) is 53.4 Å². The molecule has 7 heteroatoms. The zero-order chi connectivity index (χ0) is 21.8. The van der Waals surface area contributed by atoms with Crippen molar-refractivity contribution in [3.05, 3.63) is 88.9 Å². The third-order valence-electron chi connectivity index (χ3n) is 6.02. The van der Waals surface area contributed by atoms with Crippen molar-refractivity contribution in [2.45, 2.75) is 25.4 Å². The molecule has 1 amide bonds. The minimum Gasteiger partial charge on any atom is -0.385 e. The number of hydrogen-bond donors (Lipinski definition) is 1. The molecule has 2 aromatic heterocycles. The van der Waals surface area contributed by atoms with Crippen molar-refractivity contribution in [2.24, 2.45) is 0 Å². The van der Waals surface area contributed by atoms with Gasteiger partial charge >= 0.3 is 0 Å².